The van der Waals surface area contributed by atoms with Crippen LogP contribution in [0.2, 0.25) is 0 Å². The quantitative estimate of drug-likeness (QED) is 0.444. The van der Waals surface area contributed by atoms with Crippen LogP contribution in [0.5, 0.6) is 0 Å². The second-order valence-electron chi connectivity index (χ2n) is 7.17. The summed E-state index contributed by atoms with van der Waals surface area (Å²) in [5, 5.41) is 0. The van der Waals surface area contributed by atoms with Crippen LogP contribution >= 0.6 is 0 Å². The average Bonchev–Trinajstić information content (AvgIpc) is 3.18. The Morgan fingerprint density at radius 1 is 0.375 bits per heavy atom. The van der Waals surface area contributed by atoms with Gasteiger partial charge in [0, 0.05) is 0 Å². The monoisotopic (exact) mass is 469 g/mol. The number of rotatable bonds is 0. The van der Waals surface area contributed by atoms with Gasteiger partial charge >= 0.3 is 51.4 Å². The van der Waals surface area contributed by atoms with Gasteiger partial charge in [0.05, 0.1) is 79.3 Å². The first-order chi connectivity index (χ1) is 15.4. The van der Waals surface area contributed by atoms with Crippen molar-refractivity contribution in [2.24, 2.45) is 0 Å². The molecule has 2 aromatic rings. The van der Waals surface area contributed by atoms with Gasteiger partial charge < -0.3 is 28.4 Å². The molecule has 0 radical (unpaired) electrons. The molecular weight excluding hydrogens is 435 g/mol. The van der Waals surface area contributed by atoms with Crippen molar-refractivity contribution in [3.8, 4) is 11.1 Å². The molecule has 32 heavy (non-hydrogen) atoms. The van der Waals surface area contributed by atoms with E-state index in [9.17, 15) is 0 Å². The summed E-state index contributed by atoms with van der Waals surface area (Å²) in [6.45, 7) is 7.04. The third-order valence-electron chi connectivity index (χ3n) is 4.94. The number of ether oxygens (including phenoxy) is 6. The number of hydrogen-bond acceptors (Lipinski definition) is 6. The summed E-state index contributed by atoms with van der Waals surface area (Å²) in [5.41, 5.74) is 5.75. The maximum Gasteiger partial charge on any atom is 1.00 e. The smallest absolute Gasteiger partial charge is 0.377 e. The fourth-order valence-electron chi connectivity index (χ4n) is 3.40. The van der Waals surface area contributed by atoms with Gasteiger partial charge in [-0.15, -0.1) is 0 Å². The Balaban J connectivity index is 0.000000228. The summed E-state index contributed by atoms with van der Waals surface area (Å²) in [4.78, 5) is 0. The Labute approximate surface area is 234 Å². The second-order valence-corrected chi connectivity index (χ2v) is 7.17. The van der Waals surface area contributed by atoms with Gasteiger partial charge in [-0.3, -0.25) is 0 Å². The van der Waals surface area contributed by atoms with Crippen LogP contribution in [-0.4, -0.2) is 79.3 Å². The van der Waals surface area contributed by atoms with Gasteiger partial charge in [-0.25, -0.2) is 0 Å². The zero-order chi connectivity index (χ0) is 21.4. The molecule has 1 saturated heterocycles. The number of hydrogen-bond donors (Lipinski definition) is 0. The van der Waals surface area contributed by atoms with Crippen molar-refractivity contribution in [1.29, 1.82) is 0 Å². The summed E-state index contributed by atoms with van der Waals surface area (Å²) >= 11 is 0. The van der Waals surface area contributed by atoms with Crippen molar-refractivity contribution in [2.75, 3.05) is 79.3 Å². The topological polar surface area (TPSA) is 55.4 Å². The van der Waals surface area contributed by atoms with E-state index < -0.39 is 0 Å². The molecule has 0 unspecified atom stereocenters. The van der Waals surface area contributed by atoms with E-state index in [1.165, 1.54) is 22.3 Å². The molecule has 4 rings (SSSR count). The SMILES string of the molecule is C1COCCOCCOCCOCCOCCO1.[K+].c1ccc2c(c1)Cc1ccccc1-2. The van der Waals surface area contributed by atoms with Crippen molar-refractivity contribution in [2.45, 2.75) is 6.42 Å². The van der Waals surface area contributed by atoms with Gasteiger partial charge in [0.15, 0.2) is 0 Å². The van der Waals surface area contributed by atoms with Crippen molar-refractivity contribution in [3.63, 3.8) is 0 Å². The molecule has 1 heterocycles. The third-order valence-corrected chi connectivity index (χ3v) is 4.94. The third kappa shape index (κ3) is 10.8. The summed E-state index contributed by atoms with van der Waals surface area (Å²) < 4.78 is 32.0. The Morgan fingerprint density at radius 2 is 0.625 bits per heavy atom. The van der Waals surface area contributed by atoms with Gasteiger partial charge in [0.2, 0.25) is 0 Å². The van der Waals surface area contributed by atoms with Crippen LogP contribution < -0.4 is 51.4 Å². The van der Waals surface area contributed by atoms with Crippen molar-refractivity contribution >= 4 is 0 Å². The van der Waals surface area contributed by atoms with Crippen LogP contribution in [0.3, 0.4) is 0 Å². The van der Waals surface area contributed by atoms with E-state index in [0.29, 0.717) is 79.3 Å². The molecule has 0 spiro atoms. The van der Waals surface area contributed by atoms with Gasteiger partial charge in [-0.05, 0) is 28.7 Å². The van der Waals surface area contributed by atoms with E-state index in [-0.39, 0.29) is 51.4 Å². The summed E-state index contributed by atoms with van der Waals surface area (Å²) in [6, 6.07) is 17.3. The van der Waals surface area contributed by atoms with E-state index >= 15 is 0 Å². The first kappa shape index (κ1) is 28.1. The normalized spacial score (nSPS) is 18.5. The maximum atomic E-state index is 5.33. The maximum absolute atomic E-state index is 5.33. The zero-order valence-corrected chi connectivity index (χ0v) is 22.4. The Kier molecular flexibility index (Phi) is 16.0. The minimum atomic E-state index is 0. The number of fused-ring (bicyclic) bond motifs is 3. The predicted octanol–water partition coefficient (Wildman–Crippen LogP) is 0.361. The Hall–Kier alpha value is -0.164. The number of benzene rings is 2. The molecule has 1 fully saturated rings. The van der Waals surface area contributed by atoms with Crippen LogP contribution in [0, 0.1) is 0 Å². The summed E-state index contributed by atoms with van der Waals surface area (Å²) in [5.74, 6) is 0. The molecule has 170 valence electrons. The largest absolute Gasteiger partial charge is 1.00 e. The van der Waals surface area contributed by atoms with Gasteiger partial charge in [-0.2, -0.15) is 0 Å². The Morgan fingerprint density at radius 3 is 0.906 bits per heavy atom. The molecule has 2 aliphatic rings. The molecule has 0 amide bonds. The van der Waals surface area contributed by atoms with Crippen LogP contribution in [0.4, 0.5) is 0 Å². The van der Waals surface area contributed by atoms with Gasteiger partial charge in [0.1, 0.15) is 0 Å². The fourth-order valence-corrected chi connectivity index (χ4v) is 3.40. The molecule has 1 aliphatic heterocycles. The van der Waals surface area contributed by atoms with Crippen molar-refractivity contribution in [3.05, 3.63) is 59.7 Å². The average molecular weight is 470 g/mol. The van der Waals surface area contributed by atoms with E-state index in [1.807, 2.05) is 0 Å². The molecule has 0 saturated carbocycles. The van der Waals surface area contributed by atoms with Crippen molar-refractivity contribution < 1.29 is 79.8 Å². The van der Waals surface area contributed by atoms with E-state index in [1.54, 1.807) is 0 Å². The van der Waals surface area contributed by atoms with Crippen LogP contribution in [0.1, 0.15) is 11.1 Å². The first-order valence-electron chi connectivity index (χ1n) is 11.1. The minimum Gasteiger partial charge on any atom is -0.377 e. The second kappa shape index (κ2) is 18.2. The van der Waals surface area contributed by atoms with E-state index in [0.717, 1.165) is 6.42 Å². The molecular formula is C25H34KO6+. The van der Waals surface area contributed by atoms with Crippen LogP contribution in [-0.2, 0) is 34.8 Å². The minimum absolute atomic E-state index is 0. The van der Waals surface area contributed by atoms with Gasteiger partial charge in [0.25, 0.3) is 0 Å². The van der Waals surface area contributed by atoms with Crippen LogP contribution in [0.15, 0.2) is 48.5 Å². The van der Waals surface area contributed by atoms with Gasteiger partial charge in [-0.1, -0.05) is 48.5 Å². The molecule has 0 N–H and O–H groups in total. The molecule has 6 nitrogen and oxygen atoms in total. The van der Waals surface area contributed by atoms with Crippen LogP contribution in [0.25, 0.3) is 11.1 Å². The Bertz CT molecular complexity index is 623. The molecule has 7 heteroatoms. The zero-order valence-electron chi connectivity index (χ0n) is 19.3. The first-order valence-corrected chi connectivity index (χ1v) is 11.1. The molecule has 0 aromatic heterocycles. The van der Waals surface area contributed by atoms with E-state index in [2.05, 4.69) is 48.5 Å². The molecule has 2 aromatic carbocycles. The predicted molar refractivity (Wildman–Crippen MR) is 120 cm³/mol. The standard InChI is InChI=1S/C13H10.C12H24O6.K/c1-3-7-12-10(5-1)9-11-6-2-4-8-13(11)12;1-2-14-5-6-16-9-10-18-12-11-17-8-7-15-4-3-13-1;/h1-8H,9H2;1-12H2;/q;;+1. The summed E-state index contributed by atoms with van der Waals surface area (Å²) in [7, 11) is 0. The van der Waals surface area contributed by atoms with E-state index in [4.69, 9.17) is 28.4 Å². The summed E-state index contributed by atoms with van der Waals surface area (Å²) in [6.07, 6.45) is 1.10. The molecule has 0 bridgehead atoms. The molecule has 1 aliphatic carbocycles. The molecule has 0 atom stereocenters. The van der Waals surface area contributed by atoms with Crippen molar-refractivity contribution in [1.82, 2.24) is 0 Å². The fraction of sp³-hybridized carbons (Fsp3) is 0.520.